The van der Waals surface area contributed by atoms with E-state index in [9.17, 15) is 0 Å². The van der Waals surface area contributed by atoms with Crippen molar-refractivity contribution in [2.24, 2.45) is 5.50 Å². The van der Waals surface area contributed by atoms with Crippen LogP contribution in [0.4, 0.5) is 5.82 Å². The van der Waals surface area contributed by atoms with E-state index in [4.69, 9.17) is 20.1 Å². The average molecular weight is 232 g/mol. The normalized spacial score (nSPS) is 10.9. The Bertz CT molecular complexity index is 484. The maximum atomic E-state index is 9.10. The molecule has 0 aliphatic rings. The monoisotopic (exact) mass is 232 g/mol. The first-order chi connectivity index (χ1) is 6.88. The molecule has 0 saturated heterocycles. The van der Waals surface area contributed by atoms with Crippen molar-refractivity contribution in [3.63, 3.8) is 0 Å². The second-order valence-electron chi connectivity index (χ2n) is 2.45. The highest BCUT2D eigenvalue weighted by Crippen LogP contribution is 2.20. The van der Waals surface area contributed by atoms with Crippen LogP contribution in [0.25, 0.3) is 11.2 Å². The lowest BCUT2D eigenvalue weighted by atomic mass is 10.5. The van der Waals surface area contributed by atoms with Crippen LogP contribution >= 0.6 is 7.75 Å². The van der Waals surface area contributed by atoms with Gasteiger partial charge in [-0.05, 0) is 0 Å². The third kappa shape index (κ3) is 4.00. The smallest absolute Gasteiger partial charge is 0.382 e. The van der Waals surface area contributed by atoms with Crippen LogP contribution in [0.15, 0.2) is 12.7 Å². The number of nitrogens with zero attached hydrogens (tertiary/aromatic N) is 3. The van der Waals surface area contributed by atoms with Crippen LogP contribution in [-0.2, 0) is 4.57 Å². The summed E-state index contributed by atoms with van der Waals surface area (Å²) in [5, 5.41) is 0. The second-order valence-corrected chi connectivity index (χ2v) is 3.63. The molecule has 2 rings (SSSR count). The number of aromatic amines is 1. The van der Waals surface area contributed by atoms with E-state index >= 15 is 0 Å². The minimum absolute atomic E-state index is 0.433. The highest BCUT2D eigenvalue weighted by molar-refractivity contribution is 7.49. The number of nitrogen functional groups attached to an aromatic ring is 1. The van der Waals surface area contributed by atoms with Crippen LogP contribution in [0.1, 0.15) is 0 Å². The molecular formula is C5H9N6O3P. The lowest BCUT2D eigenvalue weighted by molar-refractivity contribution is 0.374. The summed E-state index contributed by atoms with van der Waals surface area (Å²) in [6.45, 7) is 0. The molecule has 2 heterocycles. The number of hydrogen-bond donors (Lipinski definition) is 5. The van der Waals surface area contributed by atoms with E-state index < -0.39 is 7.75 Å². The molecule has 0 atom stereocenters. The first-order valence-electron chi connectivity index (χ1n) is 3.61. The van der Waals surface area contributed by atoms with Gasteiger partial charge in [0.15, 0.2) is 11.5 Å². The first-order valence-corrected chi connectivity index (χ1v) is 5.30. The third-order valence-electron chi connectivity index (χ3n) is 1.25. The van der Waals surface area contributed by atoms with Gasteiger partial charge in [0.1, 0.15) is 11.8 Å². The molecule has 0 aliphatic heterocycles. The number of nitrogens with two attached hydrogens (primary N) is 2. The second kappa shape index (κ2) is 4.32. The van der Waals surface area contributed by atoms with Gasteiger partial charge in [0, 0.05) is 0 Å². The van der Waals surface area contributed by atoms with Gasteiger partial charge in [-0.25, -0.2) is 25.0 Å². The number of anilines is 1. The van der Waals surface area contributed by atoms with Crippen LogP contribution in [0.2, 0.25) is 0 Å². The lowest BCUT2D eigenvalue weighted by Gasteiger charge is -1.89. The van der Waals surface area contributed by atoms with Crippen LogP contribution in [0.3, 0.4) is 0 Å². The Morgan fingerprint density at radius 3 is 2.47 bits per heavy atom. The minimum atomic E-state index is -4.14. The molecule has 0 radical (unpaired) electrons. The number of imidazole rings is 1. The molecule has 9 nitrogen and oxygen atoms in total. The Hall–Kier alpha value is -1.54. The van der Waals surface area contributed by atoms with Crippen molar-refractivity contribution in [3.05, 3.63) is 12.7 Å². The number of rotatable bonds is 0. The molecule has 0 aromatic carbocycles. The van der Waals surface area contributed by atoms with Gasteiger partial charge in [0.05, 0.1) is 6.33 Å². The molecule has 2 aromatic rings. The van der Waals surface area contributed by atoms with E-state index in [1.165, 1.54) is 12.7 Å². The minimum Gasteiger partial charge on any atom is -0.382 e. The molecule has 0 fully saturated rings. The van der Waals surface area contributed by atoms with Crippen molar-refractivity contribution in [1.82, 2.24) is 19.9 Å². The first kappa shape index (κ1) is 11.5. The molecule has 0 saturated carbocycles. The highest BCUT2D eigenvalue weighted by Gasteiger charge is 1.99. The van der Waals surface area contributed by atoms with E-state index in [0.717, 1.165) is 0 Å². The fourth-order valence-electron chi connectivity index (χ4n) is 0.784. The summed E-state index contributed by atoms with van der Waals surface area (Å²) in [4.78, 5) is 29.2. The fraction of sp³-hybridized carbons (Fsp3) is 0. The molecule has 10 heteroatoms. The Morgan fingerprint density at radius 1 is 1.33 bits per heavy atom. The number of hydrogen-bond acceptors (Lipinski definition) is 5. The van der Waals surface area contributed by atoms with E-state index in [-0.39, 0.29) is 0 Å². The maximum absolute atomic E-state index is 9.10. The zero-order valence-electron chi connectivity index (χ0n) is 7.40. The zero-order chi connectivity index (χ0) is 11.5. The Morgan fingerprint density at radius 2 is 1.93 bits per heavy atom. The quantitative estimate of drug-likeness (QED) is 0.360. The van der Waals surface area contributed by atoms with Gasteiger partial charge in [-0.2, -0.15) is 0 Å². The Labute approximate surface area is 83.8 Å². The number of fused-ring (bicyclic) bond motifs is 1. The van der Waals surface area contributed by atoms with Crippen LogP contribution in [-0.4, -0.2) is 29.7 Å². The molecule has 15 heavy (non-hydrogen) atoms. The van der Waals surface area contributed by atoms with E-state index in [1.54, 1.807) is 0 Å². The number of aromatic nitrogens is 4. The van der Waals surface area contributed by atoms with Crippen molar-refractivity contribution in [1.29, 1.82) is 0 Å². The van der Waals surface area contributed by atoms with Gasteiger partial charge in [0.2, 0.25) is 0 Å². The lowest BCUT2D eigenvalue weighted by Crippen LogP contribution is -1.91. The van der Waals surface area contributed by atoms with Crippen LogP contribution < -0.4 is 11.2 Å². The summed E-state index contributed by atoms with van der Waals surface area (Å²) in [7, 11) is -4.14. The number of H-pyrrole nitrogens is 1. The van der Waals surface area contributed by atoms with Gasteiger partial charge < -0.3 is 20.5 Å². The van der Waals surface area contributed by atoms with Gasteiger partial charge in [-0.15, -0.1) is 0 Å². The summed E-state index contributed by atoms with van der Waals surface area (Å²) >= 11 is 0. The van der Waals surface area contributed by atoms with Crippen molar-refractivity contribution >= 4 is 24.7 Å². The zero-order valence-corrected chi connectivity index (χ0v) is 8.30. The molecule has 7 N–H and O–H groups in total. The third-order valence-corrected chi connectivity index (χ3v) is 1.25. The molecule has 82 valence electrons. The highest BCUT2D eigenvalue weighted by atomic mass is 31.2. The molecule has 2 aromatic heterocycles. The molecule has 0 amide bonds. The molecule has 0 bridgehead atoms. The van der Waals surface area contributed by atoms with Crippen LogP contribution in [0, 0.1) is 0 Å². The van der Waals surface area contributed by atoms with Crippen molar-refractivity contribution in [3.8, 4) is 0 Å². The Kier molecular flexibility index (Phi) is 3.32. The van der Waals surface area contributed by atoms with Crippen molar-refractivity contribution in [2.75, 3.05) is 5.73 Å². The summed E-state index contributed by atoms with van der Waals surface area (Å²) in [6.07, 6.45) is 2.92. The fourth-order valence-corrected chi connectivity index (χ4v) is 0.784. The summed E-state index contributed by atoms with van der Waals surface area (Å²) in [6, 6.07) is 0. The Balaban J connectivity index is 0.000000195. The summed E-state index contributed by atoms with van der Waals surface area (Å²) in [5.74, 6) is 0.433. The summed E-state index contributed by atoms with van der Waals surface area (Å²) < 4.78 is 9.10. The van der Waals surface area contributed by atoms with Crippen LogP contribution in [0.5, 0.6) is 0 Å². The van der Waals surface area contributed by atoms with Gasteiger partial charge in [-0.3, -0.25) is 0 Å². The molecule has 0 aliphatic carbocycles. The predicted octanol–water partition coefficient (Wildman–Crippen LogP) is -1.03. The van der Waals surface area contributed by atoms with Gasteiger partial charge in [0.25, 0.3) is 0 Å². The standard InChI is InChI=1S/C5H5N5.H4NO3P/c6-4-3-5(9-1-7-3)10-2-8-4;1-5(2,3)4/h1-2H,(H3,6,7,8,9,10);(H4,1,2,3,4). The number of nitrogens with one attached hydrogen (secondary N) is 1. The SMILES string of the molecule is NP(=O)(O)O.Nc1ncnc2nc[nH]c12. The average Bonchev–Trinajstić information content (AvgIpc) is 2.49. The van der Waals surface area contributed by atoms with E-state index in [1.807, 2.05) is 0 Å². The molecular weight excluding hydrogens is 223 g/mol. The largest absolute Gasteiger partial charge is 0.397 e. The van der Waals surface area contributed by atoms with Gasteiger partial charge in [-0.1, -0.05) is 0 Å². The van der Waals surface area contributed by atoms with Crippen molar-refractivity contribution < 1.29 is 14.4 Å². The molecule has 0 spiro atoms. The van der Waals surface area contributed by atoms with Crippen molar-refractivity contribution in [2.45, 2.75) is 0 Å². The maximum Gasteiger partial charge on any atom is 0.397 e. The molecule has 0 unspecified atom stereocenters. The summed E-state index contributed by atoms with van der Waals surface area (Å²) in [5.41, 5.74) is 10.8. The van der Waals surface area contributed by atoms with Gasteiger partial charge >= 0.3 is 7.75 Å². The van der Waals surface area contributed by atoms with E-state index in [0.29, 0.717) is 17.0 Å². The predicted molar refractivity (Wildman–Crippen MR) is 52.3 cm³/mol. The van der Waals surface area contributed by atoms with E-state index in [2.05, 4.69) is 25.4 Å². The topological polar surface area (TPSA) is 164 Å².